The third kappa shape index (κ3) is 17.3. The first-order chi connectivity index (χ1) is 6.56. The van der Waals surface area contributed by atoms with Crippen LogP contribution in [0.1, 0.15) is 51.9 Å². The van der Waals surface area contributed by atoms with Crippen LogP contribution in [0.3, 0.4) is 0 Å². The Labute approximate surface area is 115 Å². The second-order valence-electron chi connectivity index (χ2n) is 3.44. The van der Waals surface area contributed by atoms with Gasteiger partial charge >= 0.3 is 29.6 Å². The van der Waals surface area contributed by atoms with Gasteiger partial charge in [-0.1, -0.05) is 45.1 Å². The summed E-state index contributed by atoms with van der Waals surface area (Å²) in [6, 6.07) is 0. The zero-order valence-corrected chi connectivity index (χ0v) is 9.59. The average Bonchev–Trinajstić information content (AvgIpc) is 2.08. The third-order valence-corrected chi connectivity index (χ3v) is 2.53. The van der Waals surface area contributed by atoms with E-state index in [1.165, 1.54) is 31.8 Å². The SMILES string of the molecule is CCCCCCCCC=CS(=O)(=O)O.[NaH]. The van der Waals surface area contributed by atoms with Crippen LogP contribution in [0.15, 0.2) is 11.5 Å². The van der Waals surface area contributed by atoms with Crippen molar-refractivity contribution in [3.05, 3.63) is 11.5 Å². The van der Waals surface area contributed by atoms with E-state index < -0.39 is 10.1 Å². The van der Waals surface area contributed by atoms with Crippen molar-refractivity contribution >= 4 is 39.7 Å². The fourth-order valence-electron chi connectivity index (χ4n) is 1.23. The van der Waals surface area contributed by atoms with Crippen LogP contribution in [0.4, 0.5) is 0 Å². The fourth-order valence-corrected chi connectivity index (χ4v) is 1.61. The van der Waals surface area contributed by atoms with Crippen LogP contribution >= 0.6 is 0 Å². The molecule has 1 N–H and O–H groups in total. The van der Waals surface area contributed by atoms with Crippen LogP contribution < -0.4 is 0 Å². The van der Waals surface area contributed by atoms with Gasteiger partial charge in [-0.05, 0) is 12.8 Å². The number of hydrogen-bond donors (Lipinski definition) is 1. The number of allylic oxidation sites excluding steroid dienone is 1. The molecule has 0 aromatic carbocycles. The van der Waals surface area contributed by atoms with E-state index in [0.717, 1.165) is 24.7 Å². The van der Waals surface area contributed by atoms with Gasteiger partial charge in [-0.25, -0.2) is 0 Å². The Morgan fingerprint density at radius 1 is 1.07 bits per heavy atom. The standard InChI is InChI=1S/C10H20O3S.Na.H/c1-2-3-4-5-6-7-8-9-10-14(11,12)13;;/h9-10H,2-8H2,1H3,(H,11,12,13);;. The zero-order chi connectivity index (χ0) is 10.9. The third-order valence-electron chi connectivity index (χ3n) is 1.99. The van der Waals surface area contributed by atoms with Crippen molar-refractivity contribution < 1.29 is 13.0 Å². The molecule has 0 saturated heterocycles. The van der Waals surface area contributed by atoms with Crippen molar-refractivity contribution in [1.82, 2.24) is 0 Å². The van der Waals surface area contributed by atoms with Gasteiger partial charge in [-0.3, -0.25) is 4.55 Å². The van der Waals surface area contributed by atoms with Gasteiger partial charge in [-0.15, -0.1) is 0 Å². The summed E-state index contributed by atoms with van der Waals surface area (Å²) in [4.78, 5) is 0. The molecular weight excluding hydrogens is 223 g/mol. The van der Waals surface area contributed by atoms with Crippen LogP contribution in [0.5, 0.6) is 0 Å². The molecule has 0 aliphatic rings. The molecule has 0 aliphatic heterocycles. The van der Waals surface area contributed by atoms with Crippen molar-refractivity contribution in [3.8, 4) is 0 Å². The Balaban J connectivity index is 0. The molecule has 0 heterocycles. The molecule has 15 heavy (non-hydrogen) atoms. The van der Waals surface area contributed by atoms with Crippen molar-refractivity contribution in [3.63, 3.8) is 0 Å². The van der Waals surface area contributed by atoms with Crippen LogP contribution in [-0.4, -0.2) is 42.5 Å². The predicted octanol–water partition coefficient (Wildman–Crippen LogP) is 2.49. The molecule has 0 spiro atoms. The van der Waals surface area contributed by atoms with E-state index in [9.17, 15) is 8.42 Å². The van der Waals surface area contributed by atoms with E-state index in [-0.39, 0.29) is 29.6 Å². The summed E-state index contributed by atoms with van der Waals surface area (Å²) in [7, 11) is -3.91. The average molecular weight is 244 g/mol. The monoisotopic (exact) mass is 244 g/mol. The van der Waals surface area contributed by atoms with Gasteiger partial charge in [-0.2, -0.15) is 8.42 Å². The maximum atomic E-state index is 10.3. The molecule has 0 atom stereocenters. The summed E-state index contributed by atoms with van der Waals surface area (Å²) < 4.78 is 28.9. The van der Waals surface area contributed by atoms with E-state index in [0.29, 0.717) is 0 Å². The van der Waals surface area contributed by atoms with Gasteiger partial charge in [0.15, 0.2) is 0 Å². The maximum absolute atomic E-state index is 10.3. The summed E-state index contributed by atoms with van der Waals surface area (Å²) in [6.07, 6.45) is 9.36. The molecular formula is C10H21NaO3S. The molecule has 0 saturated carbocycles. The normalized spacial score (nSPS) is 11.6. The second kappa shape index (κ2) is 11.1. The molecule has 0 aromatic rings. The molecule has 0 radical (unpaired) electrons. The molecule has 5 heteroatoms. The minimum atomic E-state index is -3.91. The summed E-state index contributed by atoms with van der Waals surface area (Å²) in [5.74, 6) is 0. The van der Waals surface area contributed by atoms with E-state index >= 15 is 0 Å². The molecule has 0 unspecified atom stereocenters. The van der Waals surface area contributed by atoms with Gasteiger partial charge in [0, 0.05) is 0 Å². The van der Waals surface area contributed by atoms with Crippen LogP contribution in [-0.2, 0) is 10.1 Å². The first-order valence-electron chi connectivity index (χ1n) is 5.20. The van der Waals surface area contributed by atoms with Crippen LogP contribution in [0.25, 0.3) is 0 Å². The van der Waals surface area contributed by atoms with E-state index in [1.807, 2.05) is 0 Å². The van der Waals surface area contributed by atoms with Gasteiger partial charge in [0.2, 0.25) is 0 Å². The van der Waals surface area contributed by atoms with Crippen molar-refractivity contribution in [1.29, 1.82) is 0 Å². The molecule has 3 nitrogen and oxygen atoms in total. The van der Waals surface area contributed by atoms with E-state index in [1.54, 1.807) is 0 Å². The second-order valence-corrected chi connectivity index (χ2v) is 4.75. The predicted molar refractivity (Wildman–Crippen MR) is 65.8 cm³/mol. The molecule has 0 rings (SSSR count). The van der Waals surface area contributed by atoms with Crippen molar-refractivity contribution in [2.75, 3.05) is 0 Å². The van der Waals surface area contributed by atoms with E-state index in [2.05, 4.69) is 6.92 Å². The number of rotatable bonds is 8. The topological polar surface area (TPSA) is 54.4 Å². The Morgan fingerprint density at radius 3 is 2.13 bits per heavy atom. The van der Waals surface area contributed by atoms with Crippen molar-refractivity contribution in [2.45, 2.75) is 51.9 Å². The molecule has 0 amide bonds. The summed E-state index contributed by atoms with van der Waals surface area (Å²) in [6.45, 7) is 2.18. The molecule has 0 bridgehead atoms. The molecule has 86 valence electrons. The fraction of sp³-hybridized carbons (Fsp3) is 0.800. The Bertz CT molecular complexity index is 247. The first kappa shape index (κ1) is 18.0. The molecule has 0 aromatic heterocycles. The first-order valence-corrected chi connectivity index (χ1v) is 6.70. The Kier molecular flexibility index (Phi) is 13.4. The summed E-state index contributed by atoms with van der Waals surface area (Å²) in [5.41, 5.74) is 0. The molecule has 0 aliphatic carbocycles. The summed E-state index contributed by atoms with van der Waals surface area (Å²) in [5, 5.41) is 0.860. The quantitative estimate of drug-likeness (QED) is 0.405. The van der Waals surface area contributed by atoms with Gasteiger partial charge < -0.3 is 0 Å². The van der Waals surface area contributed by atoms with Crippen LogP contribution in [0.2, 0.25) is 0 Å². The Hall–Kier alpha value is 0.650. The number of hydrogen-bond acceptors (Lipinski definition) is 2. The van der Waals surface area contributed by atoms with E-state index in [4.69, 9.17) is 4.55 Å². The van der Waals surface area contributed by atoms with Crippen LogP contribution in [0, 0.1) is 0 Å². The number of unbranched alkanes of at least 4 members (excludes halogenated alkanes) is 6. The zero-order valence-electron chi connectivity index (χ0n) is 8.78. The Morgan fingerprint density at radius 2 is 1.60 bits per heavy atom. The van der Waals surface area contributed by atoms with Gasteiger partial charge in [0.05, 0.1) is 5.41 Å². The minimum absolute atomic E-state index is 0. The van der Waals surface area contributed by atoms with Gasteiger partial charge in [0.25, 0.3) is 10.1 Å². The van der Waals surface area contributed by atoms with Gasteiger partial charge in [0.1, 0.15) is 0 Å². The summed E-state index contributed by atoms with van der Waals surface area (Å²) >= 11 is 0. The molecule has 0 fully saturated rings. The van der Waals surface area contributed by atoms with Crippen molar-refractivity contribution in [2.24, 2.45) is 0 Å².